The molecule has 1 heterocycles. The lowest BCUT2D eigenvalue weighted by molar-refractivity contribution is 0.0664. The highest BCUT2D eigenvalue weighted by Gasteiger charge is 2.27. The fraction of sp³-hybridized carbons (Fsp3) is 0.571. The lowest BCUT2D eigenvalue weighted by Crippen LogP contribution is -2.34. The summed E-state index contributed by atoms with van der Waals surface area (Å²) in [6, 6.07) is 2.81. The number of nitrogens with zero attached hydrogens (tertiary/aromatic N) is 1. The summed E-state index contributed by atoms with van der Waals surface area (Å²) < 4.78 is 43.7. The number of hydrogen-bond donors (Lipinski definition) is 1. The van der Waals surface area contributed by atoms with Gasteiger partial charge in [0.1, 0.15) is 4.90 Å². The minimum atomic E-state index is -3.98. The Bertz CT molecular complexity index is 619. The summed E-state index contributed by atoms with van der Waals surface area (Å²) in [5.41, 5.74) is 0.470. The molecule has 0 amide bonds. The predicted molar refractivity (Wildman–Crippen MR) is 79.4 cm³/mol. The molecule has 1 unspecified atom stereocenters. The van der Waals surface area contributed by atoms with Gasteiger partial charge >= 0.3 is 0 Å². The Balaban J connectivity index is 2.52. The molecule has 1 aromatic rings. The van der Waals surface area contributed by atoms with Crippen LogP contribution in [0.2, 0.25) is 0 Å². The Morgan fingerprint density at radius 2 is 2.19 bits per heavy atom. The molecule has 1 aromatic carbocycles. The van der Waals surface area contributed by atoms with Crippen LogP contribution in [0.1, 0.15) is 25.3 Å². The summed E-state index contributed by atoms with van der Waals surface area (Å²) >= 11 is 0. The number of ether oxygens (including phenoxy) is 1. The molecule has 1 aliphatic rings. The summed E-state index contributed by atoms with van der Waals surface area (Å²) in [4.78, 5) is 1.57. The van der Waals surface area contributed by atoms with Crippen molar-refractivity contribution in [3.05, 3.63) is 23.5 Å². The van der Waals surface area contributed by atoms with E-state index in [-0.39, 0.29) is 16.7 Å². The number of anilines is 1. The zero-order chi connectivity index (χ0) is 15.6. The molecule has 0 saturated carbocycles. The first-order chi connectivity index (χ1) is 9.84. The average molecular weight is 316 g/mol. The zero-order valence-corrected chi connectivity index (χ0v) is 13.1. The summed E-state index contributed by atoms with van der Waals surface area (Å²) in [6.07, 6.45) is 1.46. The van der Waals surface area contributed by atoms with Crippen molar-refractivity contribution >= 4 is 15.7 Å². The summed E-state index contributed by atoms with van der Waals surface area (Å²) in [7, 11) is -3.98. The van der Waals surface area contributed by atoms with Crippen LogP contribution in [0.15, 0.2) is 17.0 Å². The second-order valence-electron chi connectivity index (χ2n) is 5.29. The molecule has 2 rings (SSSR count). The maximum atomic E-state index is 14.5. The number of nitrogens with two attached hydrogens (primary N) is 1. The lowest BCUT2D eigenvalue weighted by atomic mass is 10.1. The molecular weight excluding hydrogens is 295 g/mol. The van der Waals surface area contributed by atoms with Gasteiger partial charge in [0.2, 0.25) is 10.0 Å². The Morgan fingerprint density at radius 3 is 2.81 bits per heavy atom. The molecule has 21 heavy (non-hydrogen) atoms. The molecule has 7 heteroatoms. The fourth-order valence-electron chi connectivity index (χ4n) is 2.52. The highest BCUT2D eigenvalue weighted by Crippen LogP contribution is 2.31. The molecule has 0 aromatic heterocycles. The van der Waals surface area contributed by atoms with Gasteiger partial charge in [0, 0.05) is 19.7 Å². The van der Waals surface area contributed by atoms with Crippen LogP contribution in [0, 0.1) is 12.7 Å². The van der Waals surface area contributed by atoms with Gasteiger partial charge in [-0.2, -0.15) is 0 Å². The zero-order valence-electron chi connectivity index (χ0n) is 12.3. The number of benzene rings is 1. The first kappa shape index (κ1) is 16.2. The Labute approximate surface area is 124 Å². The van der Waals surface area contributed by atoms with Crippen molar-refractivity contribution in [1.82, 2.24) is 0 Å². The number of primary sulfonamides is 1. The Hall–Kier alpha value is -1.18. The van der Waals surface area contributed by atoms with E-state index in [4.69, 9.17) is 9.88 Å². The third-order valence-electron chi connectivity index (χ3n) is 3.70. The smallest absolute Gasteiger partial charge is 0.240 e. The maximum absolute atomic E-state index is 14.5. The lowest BCUT2D eigenvalue weighted by Gasteiger charge is -2.28. The Kier molecular flexibility index (Phi) is 4.85. The summed E-state index contributed by atoms with van der Waals surface area (Å²) in [5.74, 6) is -0.529. The number of halogens is 1. The van der Waals surface area contributed by atoms with E-state index in [0.29, 0.717) is 31.7 Å². The van der Waals surface area contributed by atoms with E-state index in [2.05, 4.69) is 0 Å². The SMILES string of the molecule is CCC1CN(c2c(S(N)(=O)=O)ccc(C)c2F)CCCO1. The molecule has 0 radical (unpaired) electrons. The van der Waals surface area contributed by atoms with E-state index in [9.17, 15) is 12.8 Å². The molecular formula is C14H21FN2O3S. The topological polar surface area (TPSA) is 72.6 Å². The van der Waals surface area contributed by atoms with Crippen molar-refractivity contribution in [2.75, 3.05) is 24.6 Å². The number of aryl methyl sites for hydroxylation is 1. The largest absolute Gasteiger partial charge is 0.376 e. The molecule has 1 atom stereocenters. The minimum Gasteiger partial charge on any atom is -0.376 e. The van der Waals surface area contributed by atoms with Gasteiger partial charge in [-0.3, -0.25) is 0 Å². The second-order valence-corrected chi connectivity index (χ2v) is 6.82. The monoisotopic (exact) mass is 316 g/mol. The predicted octanol–water partition coefficient (Wildman–Crippen LogP) is 1.79. The van der Waals surface area contributed by atoms with Gasteiger partial charge < -0.3 is 9.64 Å². The molecule has 0 bridgehead atoms. The molecule has 2 N–H and O–H groups in total. The van der Waals surface area contributed by atoms with Crippen LogP contribution < -0.4 is 10.0 Å². The Morgan fingerprint density at radius 1 is 1.48 bits per heavy atom. The highest BCUT2D eigenvalue weighted by molar-refractivity contribution is 7.89. The van der Waals surface area contributed by atoms with Gasteiger partial charge in [0.15, 0.2) is 5.82 Å². The van der Waals surface area contributed by atoms with E-state index in [1.54, 1.807) is 11.8 Å². The third-order valence-corrected chi connectivity index (χ3v) is 4.64. The van der Waals surface area contributed by atoms with Crippen LogP contribution >= 0.6 is 0 Å². The van der Waals surface area contributed by atoms with Gasteiger partial charge in [-0.1, -0.05) is 13.0 Å². The van der Waals surface area contributed by atoms with Gasteiger partial charge in [-0.05, 0) is 31.4 Å². The van der Waals surface area contributed by atoms with E-state index >= 15 is 0 Å². The van der Waals surface area contributed by atoms with Crippen LogP contribution in [0.3, 0.4) is 0 Å². The number of hydrogen-bond acceptors (Lipinski definition) is 4. The van der Waals surface area contributed by atoms with Crippen molar-refractivity contribution in [1.29, 1.82) is 0 Å². The third kappa shape index (κ3) is 3.53. The normalized spacial score (nSPS) is 20.4. The standard InChI is InChI=1S/C14H21FN2O3S/c1-3-11-9-17(7-4-8-20-11)14-12(21(16,18)19)6-5-10(2)13(14)15/h5-6,11H,3-4,7-9H2,1-2H3,(H2,16,18,19). The first-order valence-corrected chi connectivity index (χ1v) is 8.57. The minimum absolute atomic E-state index is 0.0410. The molecule has 5 nitrogen and oxygen atoms in total. The van der Waals surface area contributed by atoms with Crippen LogP contribution in [-0.4, -0.2) is 34.2 Å². The van der Waals surface area contributed by atoms with E-state index in [0.717, 1.165) is 6.42 Å². The van der Waals surface area contributed by atoms with E-state index in [1.807, 2.05) is 6.92 Å². The van der Waals surface area contributed by atoms with Crippen molar-refractivity contribution in [3.8, 4) is 0 Å². The van der Waals surface area contributed by atoms with Crippen LogP contribution in [0.5, 0.6) is 0 Å². The van der Waals surface area contributed by atoms with Gasteiger partial charge in [-0.15, -0.1) is 0 Å². The highest BCUT2D eigenvalue weighted by atomic mass is 32.2. The summed E-state index contributed by atoms with van der Waals surface area (Å²) in [6.45, 7) is 5.19. The molecule has 1 saturated heterocycles. The maximum Gasteiger partial charge on any atom is 0.240 e. The fourth-order valence-corrected chi connectivity index (χ4v) is 3.26. The van der Waals surface area contributed by atoms with Crippen LogP contribution in [0.25, 0.3) is 0 Å². The molecule has 118 valence electrons. The van der Waals surface area contributed by atoms with Crippen molar-refractivity contribution in [3.63, 3.8) is 0 Å². The second kappa shape index (κ2) is 6.29. The van der Waals surface area contributed by atoms with E-state index < -0.39 is 15.8 Å². The average Bonchev–Trinajstić information content (AvgIpc) is 2.65. The van der Waals surface area contributed by atoms with Gasteiger partial charge in [-0.25, -0.2) is 17.9 Å². The van der Waals surface area contributed by atoms with E-state index in [1.165, 1.54) is 12.1 Å². The van der Waals surface area contributed by atoms with Crippen LogP contribution in [0.4, 0.5) is 10.1 Å². The number of rotatable bonds is 3. The molecule has 0 spiro atoms. The molecule has 0 aliphatic carbocycles. The first-order valence-electron chi connectivity index (χ1n) is 7.03. The summed E-state index contributed by atoms with van der Waals surface area (Å²) in [5, 5.41) is 5.24. The molecule has 1 fully saturated rings. The van der Waals surface area contributed by atoms with Crippen molar-refractivity contribution < 1.29 is 17.5 Å². The van der Waals surface area contributed by atoms with Crippen molar-refractivity contribution in [2.24, 2.45) is 5.14 Å². The number of sulfonamides is 1. The van der Waals surface area contributed by atoms with Crippen LogP contribution in [-0.2, 0) is 14.8 Å². The van der Waals surface area contributed by atoms with Gasteiger partial charge in [0.05, 0.1) is 11.8 Å². The molecule has 1 aliphatic heterocycles. The van der Waals surface area contributed by atoms with Crippen molar-refractivity contribution in [2.45, 2.75) is 37.7 Å². The quantitative estimate of drug-likeness (QED) is 0.922. The van der Waals surface area contributed by atoms with Gasteiger partial charge in [0.25, 0.3) is 0 Å².